The third-order valence-corrected chi connectivity index (χ3v) is 6.86. The molecular weight excluding hydrogens is 332 g/mol. The van der Waals surface area contributed by atoms with Gasteiger partial charge in [0.15, 0.2) is 4.90 Å². The van der Waals surface area contributed by atoms with Gasteiger partial charge in [0.25, 0.3) is 0 Å². The summed E-state index contributed by atoms with van der Waals surface area (Å²) in [5, 5.41) is 0. The molecule has 0 saturated carbocycles. The minimum absolute atomic E-state index is 0.251. The Morgan fingerprint density at radius 2 is 1.94 bits per heavy atom. The van der Waals surface area contributed by atoms with Crippen LogP contribution in [0.15, 0.2) is 29.2 Å². The second-order valence-corrected chi connectivity index (χ2v) is 8.89. The topological polar surface area (TPSA) is 26.3 Å². The zero-order valence-corrected chi connectivity index (χ0v) is 13.4. The van der Waals surface area contributed by atoms with Crippen LogP contribution >= 0.6 is 27.7 Å². The maximum absolute atomic E-state index is 11.4. The number of hydrogen-bond donors (Lipinski definition) is 0. The molecule has 1 aliphatic rings. The highest BCUT2D eigenvalue weighted by atomic mass is 79.9. The first-order chi connectivity index (χ1) is 8.66. The van der Waals surface area contributed by atoms with Crippen molar-refractivity contribution in [1.29, 1.82) is 0 Å². The van der Waals surface area contributed by atoms with Crippen LogP contribution in [0, 0.1) is 0 Å². The molecule has 5 heteroatoms. The molecule has 1 heterocycles. The second-order valence-electron chi connectivity index (χ2n) is 4.02. The van der Waals surface area contributed by atoms with Gasteiger partial charge in [-0.2, -0.15) is 11.8 Å². The molecule has 18 heavy (non-hydrogen) atoms. The van der Waals surface area contributed by atoms with Crippen LogP contribution in [0.1, 0.15) is 6.92 Å². The van der Waals surface area contributed by atoms with Crippen molar-refractivity contribution in [1.82, 2.24) is 0 Å². The predicted octanol–water partition coefficient (Wildman–Crippen LogP) is 3.10. The smallest absolute Gasteiger partial charge is 0.324 e. The SMILES string of the molecule is CC(Br)C(=O)Oc1ccc([S+]2CCSCC2)cc1. The van der Waals surface area contributed by atoms with Crippen molar-refractivity contribution >= 4 is 44.6 Å². The average molecular weight is 348 g/mol. The van der Waals surface area contributed by atoms with E-state index in [-0.39, 0.29) is 10.8 Å². The molecule has 1 aromatic carbocycles. The standard InChI is InChI=1S/C13H16BrO2S2/c1-10(14)13(15)16-11-2-4-12(5-3-11)18-8-6-17-7-9-18/h2-5,10H,6-9H2,1H3/q+1. The van der Waals surface area contributed by atoms with E-state index >= 15 is 0 Å². The molecule has 0 N–H and O–H groups in total. The van der Waals surface area contributed by atoms with E-state index in [4.69, 9.17) is 4.74 Å². The van der Waals surface area contributed by atoms with Crippen molar-refractivity contribution < 1.29 is 9.53 Å². The van der Waals surface area contributed by atoms with Gasteiger partial charge in [-0.3, -0.25) is 4.79 Å². The molecule has 1 unspecified atom stereocenters. The van der Waals surface area contributed by atoms with Gasteiger partial charge in [-0.15, -0.1) is 0 Å². The summed E-state index contributed by atoms with van der Waals surface area (Å²) >= 11 is 5.24. The first-order valence-electron chi connectivity index (χ1n) is 5.88. The fraction of sp³-hybridized carbons (Fsp3) is 0.462. The van der Waals surface area contributed by atoms with E-state index in [0.29, 0.717) is 16.6 Å². The minimum atomic E-state index is -0.269. The highest BCUT2D eigenvalue weighted by molar-refractivity contribution is 9.10. The number of benzene rings is 1. The van der Waals surface area contributed by atoms with Gasteiger partial charge in [-0.1, -0.05) is 15.9 Å². The molecule has 2 rings (SSSR count). The maximum Gasteiger partial charge on any atom is 0.324 e. The Hall–Kier alpha value is -0.130. The molecule has 0 bridgehead atoms. The first kappa shape index (κ1) is 14.3. The van der Waals surface area contributed by atoms with Crippen LogP contribution in [-0.4, -0.2) is 33.8 Å². The summed E-state index contributed by atoms with van der Waals surface area (Å²) in [7, 11) is 0.392. The van der Waals surface area contributed by atoms with Crippen LogP contribution in [0.25, 0.3) is 0 Å². The highest BCUT2D eigenvalue weighted by Crippen LogP contribution is 2.24. The number of thioether (sulfide) groups is 1. The summed E-state index contributed by atoms with van der Waals surface area (Å²) in [6.45, 7) is 1.76. The average Bonchev–Trinajstić information content (AvgIpc) is 2.40. The minimum Gasteiger partial charge on any atom is -0.426 e. The Morgan fingerprint density at radius 1 is 1.33 bits per heavy atom. The predicted molar refractivity (Wildman–Crippen MR) is 83.2 cm³/mol. The van der Waals surface area contributed by atoms with E-state index in [1.165, 1.54) is 27.9 Å². The maximum atomic E-state index is 11.4. The lowest BCUT2D eigenvalue weighted by Crippen LogP contribution is -2.21. The van der Waals surface area contributed by atoms with Crippen molar-refractivity contribution in [2.75, 3.05) is 23.0 Å². The van der Waals surface area contributed by atoms with Crippen molar-refractivity contribution in [2.45, 2.75) is 16.6 Å². The number of halogens is 1. The Kier molecular flexibility index (Phi) is 5.45. The number of carbonyl (C=O) groups excluding carboxylic acids is 1. The monoisotopic (exact) mass is 347 g/mol. The first-order valence-corrected chi connectivity index (χ1v) is 9.51. The van der Waals surface area contributed by atoms with Crippen molar-refractivity contribution in [3.05, 3.63) is 24.3 Å². The Morgan fingerprint density at radius 3 is 2.50 bits per heavy atom. The fourth-order valence-corrected chi connectivity index (χ4v) is 5.70. The summed E-state index contributed by atoms with van der Waals surface area (Å²) < 4.78 is 5.23. The van der Waals surface area contributed by atoms with E-state index in [1.54, 1.807) is 6.92 Å². The summed E-state index contributed by atoms with van der Waals surface area (Å²) in [4.78, 5) is 12.6. The second kappa shape index (κ2) is 6.87. The number of alkyl halides is 1. The molecule has 0 aromatic heterocycles. The number of esters is 1. The summed E-state index contributed by atoms with van der Waals surface area (Å²) in [5.41, 5.74) is 0. The zero-order valence-electron chi connectivity index (χ0n) is 10.2. The van der Waals surface area contributed by atoms with E-state index in [9.17, 15) is 4.79 Å². The van der Waals surface area contributed by atoms with Gasteiger partial charge in [0.05, 0.1) is 0 Å². The van der Waals surface area contributed by atoms with Crippen molar-refractivity contribution in [3.8, 4) is 5.75 Å². The number of carbonyl (C=O) groups is 1. The molecule has 1 fully saturated rings. The normalized spacial score (nSPS) is 18.3. The van der Waals surface area contributed by atoms with Crippen LogP contribution in [-0.2, 0) is 15.7 Å². The van der Waals surface area contributed by atoms with Crippen molar-refractivity contribution in [3.63, 3.8) is 0 Å². The van der Waals surface area contributed by atoms with E-state index in [1.807, 2.05) is 23.9 Å². The molecule has 0 aliphatic carbocycles. The molecule has 2 nitrogen and oxygen atoms in total. The Balaban J connectivity index is 1.98. The molecule has 0 spiro atoms. The van der Waals surface area contributed by atoms with Crippen LogP contribution in [0.5, 0.6) is 5.75 Å². The number of hydrogen-bond acceptors (Lipinski definition) is 3. The third kappa shape index (κ3) is 3.93. The zero-order chi connectivity index (χ0) is 13.0. The van der Waals surface area contributed by atoms with Gasteiger partial charge >= 0.3 is 5.97 Å². The molecule has 98 valence electrons. The number of rotatable bonds is 3. The van der Waals surface area contributed by atoms with Crippen LogP contribution in [0.3, 0.4) is 0 Å². The molecule has 1 atom stereocenters. The third-order valence-electron chi connectivity index (χ3n) is 2.65. The largest absolute Gasteiger partial charge is 0.426 e. The van der Waals surface area contributed by atoms with Gasteiger partial charge in [-0.25, -0.2) is 0 Å². The van der Waals surface area contributed by atoms with Gasteiger partial charge < -0.3 is 4.74 Å². The molecule has 1 aliphatic heterocycles. The summed E-state index contributed by atoms with van der Waals surface area (Å²) in [6, 6.07) is 8.00. The lowest BCUT2D eigenvalue weighted by atomic mass is 10.3. The Labute approximate surface area is 123 Å². The van der Waals surface area contributed by atoms with E-state index < -0.39 is 0 Å². The molecular formula is C13H16BrO2S2+. The van der Waals surface area contributed by atoms with Crippen molar-refractivity contribution in [2.24, 2.45) is 0 Å². The van der Waals surface area contributed by atoms with Gasteiger partial charge in [0.2, 0.25) is 0 Å². The van der Waals surface area contributed by atoms with Crippen LogP contribution in [0.4, 0.5) is 0 Å². The molecule has 0 radical (unpaired) electrons. The summed E-state index contributed by atoms with van der Waals surface area (Å²) in [6.07, 6.45) is 0. The van der Waals surface area contributed by atoms with Crippen LogP contribution in [0.2, 0.25) is 0 Å². The number of ether oxygens (including phenoxy) is 1. The highest BCUT2D eigenvalue weighted by Gasteiger charge is 2.25. The van der Waals surface area contributed by atoms with E-state index in [0.717, 1.165) is 0 Å². The van der Waals surface area contributed by atoms with Crippen LogP contribution < -0.4 is 4.74 Å². The molecule has 0 amide bonds. The Bertz CT molecular complexity index is 400. The van der Waals surface area contributed by atoms with E-state index in [2.05, 4.69) is 28.1 Å². The van der Waals surface area contributed by atoms with Gasteiger partial charge in [-0.05, 0) is 31.2 Å². The van der Waals surface area contributed by atoms with Gasteiger partial charge in [0, 0.05) is 22.4 Å². The fourth-order valence-electron chi connectivity index (χ4n) is 1.66. The lowest BCUT2D eigenvalue weighted by Gasteiger charge is -2.13. The lowest BCUT2D eigenvalue weighted by molar-refractivity contribution is -0.133. The van der Waals surface area contributed by atoms with Gasteiger partial charge in [0.1, 0.15) is 22.1 Å². The summed E-state index contributed by atoms with van der Waals surface area (Å²) in [5.74, 6) is 5.47. The molecule has 1 aromatic rings. The molecule has 1 saturated heterocycles. The quantitative estimate of drug-likeness (QED) is 0.363.